The van der Waals surface area contributed by atoms with Crippen molar-refractivity contribution in [2.24, 2.45) is 5.73 Å². The number of benzene rings is 3. The number of nitrogens with two attached hydrogens (primary N) is 1. The van der Waals surface area contributed by atoms with Crippen molar-refractivity contribution in [3.63, 3.8) is 0 Å². The Morgan fingerprint density at radius 3 is 2.15 bits per heavy atom. The molecule has 0 aromatic heterocycles. The summed E-state index contributed by atoms with van der Waals surface area (Å²) in [6, 6.07) is 15.0. The van der Waals surface area contributed by atoms with Gasteiger partial charge in [-0.3, -0.25) is 9.59 Å². The number of hydrogen-bond donors (Lipinski definition) is 4. The summed E-state index contributed by atoms with van der Waals surface area (Å²) in [5.41, 5.74) is 8.48. The number of amides is 2. The Kier molecular flexibility index (Phi) is 9.94. The molecule has 0 radical (unpaired) electrons. The van der Waals surface area contributed by atoms with E-state index in [1.165, 1.54) is 17.7 Å². The molecule has 0 aliphatic carbocycles. The number of primary amides is 1. The lowest BCUT2D eigenvalue weighted by molar-refractivity contribution is 0.0827. The van der Waals surface area contributed by atoms with Gasteiger partial charge in [0.25, 0.3) is 5.91 Å². The molecular formula is C31H37F2N3O3. The van der Waals surface area contributed by atoms with Crippen LogP contribution in [0.5, 0.6) is 0 Å². The monoisotopic (exact) mass is 537 g/mol. The molecule has 39 heavy (non-hydrogen) atoms. The summed E-state index contributed by atoms with van der Waals surface area (Å²) in [6.07, 6.45) is -0.205. The Morgan fingerprint density at radius 1 is 0.923 bits per heavy atom. The van der Waals surface area contributed by atoms with E-state index in [9.17, 15) is 23.5 Å². The predicted molar refractivity (Wildman–Crippen MR) is 149 cm³/mol. The van der Waals surface area contributed by atoms with Gasteiger partial charge in [0.2, 0.25) is 5.91 Å². The third-order valence-electron chi connectivity index (χ3n) is 6.57. The molecule has 208 valence electrons. The Bertz CT molecular complexity index is 1300. The molecule has 3 aromatic rings. The zero-order chi connectivity index (χ0) is 28.7. The van der Waals surface area contributed by atoms with Gasteiger partial charge in [-0.15, -0.1) is 0 Å². The number of carbonyl (C=O) groups is 2. The van der Waals surface area contributed by atoms with Gasteiger partial charge in [0, 0.05) is 30.3 Å². The van der Waals surface area contributed by atoms with Crippen LogP contribution in [0.25, 0.3) is 0 Å². The Morgan fingerprint density at radius 2 is 1.54 bits per heavy atom. The van der Waals surface area contributed by atoms with E-state index in [0.717, 1.165) is 18.1 Å². The number of hydrogen-bond acceptors (Lipinski definition) is 4. The second-order valence-corrected chi connectivity index (χ2v) is 10.8. The number of aliphatic hydroxyl groups excluding tert-OH is 1. The van der Waals surface area contributed by atoms with Crippen molar-refractivity contribution in [2.75, 3.05) is 6.54 Å². The topological polar surface area (TPSA) is 104 Å². The average Bonchev–Trinajstić information content (AvgIpc) is 2.86. The van der Waals surface area contributed by atoms with E-state index in [-0.39, 0.29) is 29.7 Å². The van der Waals surface area contributed by atoms with Gasteiger partial charge in [-0.1, -0.05) is 58.0 Å². The van der Waals surface area contributed by atoms with Crippen molar-refractivity contribution in [3.8, 4) is 0 Å². The van der Waals surface area contributed by atoms with Crippen LogP contribution < -0.4 is 16.4 Å². The van der Waals surface area contributed by atoms with E-state index >= 15 is 0 Å². The first-order valence-electron chi connectivity index (χ1n) is 13.0. The van der Waals surface area contributed by atoms with Crippen molar-refractivity contribution in [2.45, 2.75) is 64.6 Å². The molecule has 3 aromatic carbocycles. The van der Waals surface area contributed by atoms with Crippen LogP contribution >= 0.6 is 0 Å². The lowest BCUT2D eigenvalue weighted by Gasteiger charge is -2.28. The first-order chi connectivity index (χ1) is 18.4. The summed E-state index contributed by atoms with van der Waals surface area (Å²) in [5, 5.41) is 17.2. The largest absolute Gasteiger partial charge is 0.390 e. The van der Waals surface area contributed by atoms with E-state index in [1.807, 2.05) is 39.0 Å². The molecule has 0 spiro atoms. The van der Waals surface area contributed by atoms with Gasteiger partial charge in [-0.25, -0.2) is 8.78 Å². The van der Waals surface area contributed by atoms with Gasteiger partial charge in [0.1, 0.15) is 11.6 Å². The lowest BCUT2D eigenvalue weighted by atomic mass is 9.80. The van der Waals surface area contributed by atoms with E-state index in [0.29, 0.717) is 12.1 Å². The lowest BCUT2D eigenvalue weighted by Crippen LogP contribution is -2.49. The van der Waals surface area contributed by atoms with Crippen LogP contribution in [-0.2, 0) is 24.8 Å². The fourth-order valence-electron chi connectivity index (χ4n) is 4.73. The molecule has 0 aliphatic rings. The molecule has 2 amide bonds. The number of carbonyl (C=O) groups excluding carboxylic acids is 2. The normalized spacial score (nSPS) is 13.1. The molecule has 2 atom stereocenters. The maximum atomic E-state index is 13.9. The van der Waals surface area contributed by atoms with Gasteiger partial charge in [0.15, 0.2) is 0 Å². The Hall–Kier alpha value is -3.62. The fourth-order valence-corrected chi connectivity index (χ4v) is 4.73. The highest BCUT2D eigenvalue weighted by Crippen LogP contribution is 2.29. The summed E-state index contributed by atoms with van der Waals surface area (Å²) in [6.45, 7) is 8.28. The van der Waals surface area contributed by atoms with E-state index in [1.54, 1.807) is 18.2 Å². The highest BCUT2D eigenvalue weighted by Gasteiger charge is 2.29. The third kappa shape index (κ3) is 8.18. The molecule has 0 aliphatic heterocycles. The van der Waals surface area contributed by atoms with Crippen molar-refractivity contribution in [1.29, 1.82) is 0 Å². The average molecular weight is 538 g/mol. The SMILES string of the molecule is CCc1cccc(CNC[C@@H](O)[C@H](Cc2cc(F)cc(F)c2)NC(=O)c2cccc(C(N)=O)c2C(C)(C)C)c1. The molecule has 0 saturated heterocycles. The maximum absolute atomic E-state index is 13.9. The minimum Gasteiger partial charge on any atom is -0.390 e. The van der Waals surface area contributed by atoms with Crippen LogP contribution in [0.4, 0.5) is 8.78 Å². The summed E-state index contributed by atoms with van der Waals surface area (Å²) < 4.78 is 27.8. The summed E-state index contributed by atoms with van der Waals surface area (Å²) in [7, 11) is 0. The quantitative estimate of drug-likeness (QED) is 0.291. The van der Waals surface area contributed by atoms with Gasteiger partial charge < -0.3 is 21.5 Å². The van der Waals surface area contributed by atoms with Crippen LogP contribution in [-0.4, -0.2) is 35.6 Å². The van der Waals surface area contributed by atoms with Crippen LogP contribution in [0.2, 0.25) is 0 Å². The van der Waals surface area contributed by atoms with Crippen LogP contribution in [0.1, 0.15) is 70.7 Å². The molecule has 5 N–H and O–H groups in total. The number of rotatable bonds is 11. The van der Waals surface area contributed by atoms with Crippen LogP contribution in [0, 0.1) is 11.6 Å². The Labute approximate surface area is 228 Å². The maximum Gasteiger partial charge on any atom is 0.251 e. The third-order valence-corrected chi connectivity index (χ3v) is 6.57. The molecule has 0 heterocycles. The summed E-state index contributed by atoms with van der Waals surface area (Å²) >= 11 is 0. The first kappa shape index (κ1) is 29.9. The standard InChI is InChI=1S/C31H37F2N3O3/c1-5-19-8-6-9-20(12-19)17-35-18-27(37)26(15-21-13-22(32)16-23(33)14-21)36-30(39)25-11-7-10-24(29(34)38)28(25)31(2,3)4/h6-14,16,26-27,35,37H,5,15,17-18H2,1-4H3,(H2,34,38)(H,36,39)/t26-,27+/m0/s1. The fraction of sp³-hybridized carbons (Fsp3) is 0.355. The minimum absolute atomic E-state index is 0.0189. The highest BCUT2D eigenvalue weighted by atomic mass is 19.1. The molecule has 6 nitrogen and oxygen atoms in total. The van der Waals surface area contributed by atoms with Crippen molar-refractivity contribution >= 4 is 11.8 Å². The smallest absolute Gasteiger partial charge is 0.251 e. The van der Waals surface area contributed by atoms with Crippen molar-refractivity contribution in [1.82, 2.24) is 10.6 Å². The number of halogens is 2. The summed E-state index contributed by atoms with van der Waals surface area (Å²) in [5.74, 6) is -2.68. The van der Waals surface area contributed by atoms with Gasteiger partial charge in [-0.05, 0) is 64.8 Å². The zero-order valence-corrected chi connectivity index (χ0v) is 22.9. The van der Waals surface area contributed by atoms with Crippen molar-refractivity contribution in [3.05, 3.63) is 106 Å². The zero-order valence-electron chi connectivity index (χ0n) is 22.9. The minimum atomic E-state index is -1.09. The van der Waals surface area contributed by atoms with Crippen LogP contribution in [0.15, 0.2) is 60.7 Å². The first-order valence-corrected chi connectivity index (χ1v) is 13.0. The Balaban J connectivity index is 1.86. The number of aliphatic hydroxyl groups is 1. The van der Waals surface area contributed by atoms with E-state index in [2.05, 4.69) is 23.6 Å². The van der Waals surface area contributed by atoms with E-state index in [4.69, 9.17) is 5.73 Å². The predicted octanol–water partition coefficient (Wildman–Crippen LogP) is 4.42. The number of aryl methyl sites for hydroxylation is 1. The molecular weight excluding hydrogens is 500 g/mol. The second kappa shape index (κ2) is 13.0. The summed E-state index contributed by atoms with van der Waals surface area (Å²) in [4.78, 5) is 25.7. The molecule has 8 heteroatoms. The highest BCUT2D eigenvalue weighted by molar-refractivity contribution is 6.02. The number of nitrogens with one attached hydrogen (secondary N) is 2. The molecule has 0 unspecified atom stereocenters. The van der Waals surface area contributed by atoms with E-state index < -0.39 is 41.0 Å². The van der Waals surface area contributed by atoms with Gasteiger partial charge in [-0.2, -0.15) is 0 Å². The van der Waals surface area contributed by atoms with Gasteiger partial charge in [0.05, 0.1) is 12.1 Å². The molecule has 0 fully saturated rings. The van der Waals surface area contributed by atoms with Crippen molar-refractivity contribution < 1.29 is 23.5 Å². The van der Waals surface area contributed by atoms with Crippen LogP contribution in [0.3, 0.4) is 0 Å². The molecule has 0 bridgehead atoms. The molecule has 3 rings (SSSR count). The second-order valence-electron chi connectivity index (χ2n) is 10.8. The molecule has 0 saturated carbocycles. The van der Waals surface area contributed by atoms with Gasteiger partial charge >= 0.3 is 0 Å².